The molecule has 7 rings (SSSR count). The molecule has 2 aliphatic heterocycles. The largest absolute Gasteiger partial charge is 0.481 e. The third kappa shape index (κ3) is 9.15. The van der Waals surface area contributed by atoms with Crippen LogP contribution in [0.3, 0.4) is 0 Å². The third-order valence-corrected chi connectivity index (χ3v) is 11.2. The maximum Gasteiger partial charge on any atom is 0.410 e. The Morgan fingerprint density at radius 1 is 0.825 bits per heavy atom. The number of hydrogen-bond donors (Lipinski definition) is 4. The number of ether oxygens (including phenoxy) is 2. The van der Waals surface area contributed by atoms with E-state index in [0.29, 0.717) is 92.6 Å². The zero-order chi connectivity index (χ0) is 40.4. The SMILES string of the molecule is COc1nc(-c2cccc(-c3cccc(-c4ccc5c(Cl)c(CNC[C@@H]6CCC(=O)N6)[nH]c5n4)c3Cl)c2Cl)ccc1CN(C[C@@H]1CCC(=O)N1)C(=O)OC(C)(C)C. The van der Waals surface area contributed by atoms with Crippen molar-refractivity contribution >= 4 is 63.7 Å². The lowest BCUT2D eigenvalue weighted by Crippen LogP contribution is -2.43. The van der Waals surface area contributed by atoms with Crippen LogP contribution in [-0.2, 0) is 27.4 Å². The predicted molar refractivity (Wildman–Crippen MR) is 222 cm³/mol. The smallest absolute Gasteiger partial charge is 0.410 e. The number of benzene rings is 2. The van der Waals surface area contributed by atoms with E-state index in [1.165, 1.54) is 7.11 Å². The monoisotopic (exact) mass is 831 g/mol. The van der Waals surface area contributed by atoms with Gasteiger partial charge >= 0.3 is 6.09 Å². The van der Waals surface area contributed by atoms with Crippen LogP contribution in [0.4, 0.5) is 4.79 Å². The molecule has 0 bridgehead atoms. The molecule has 2 atom stereocenters. The zero-order valence-corrected chi connectivity index (χ0v) is 34.4. The minimum Gasteiger partial charge on any atom is -0.481 e. The first-order valence-corrected chi connectivity index (χ1v) is 20.0. The van der Waals surface area contributed by atoms with Crippen LogP contribution in [0, 0.1) is 0 Å². The Bertz CT molecular complexity index is 2340. The van der Waals surface area contributed by atoms with Crippen LogP contribution < -0.4 is 20.7 Å². The van der Waals surface area contributed by atoms with Gasteiger partial charge in [0.2, 0.25) is 17.7 Å². The number of halogens is 3. The lowest BCUT2D eigenvalue weighted by molar-refractivity contribution is -0.120. The summed E-state index contributed by atoms with van der Waals surface area (Å²) in [5, 5.41) is 11.6. The first-order valence-electron chi connectivity index (χ1n) is 18.8. The number of aromatic nitrogens is 3. The second-order valence-electron chi connectivity index (χ2n) is 15.3. The number of aromatic amines is 1. The lowest BCUT2D eigenvalue weighted by atomic mass is 9.98. The summed E-state index contributed by atoms with van der Waals surface area (Å²) in [5.41, 5.74) is 5.42. The number of carbonyl (C=O) groups excluding carboxylic acids is 3. The summed E-state index contributed by atoms with van der Waals surface area (Å²) in [6.45, 7) is 7.01. The van der Waals surface area contributed by atoms with E-state index in [-0.39, 0.29) is 37.0 Å². The van der Waals surface area contributed by atoms with Crippen LogP contribution >= 0.6 is 34.8 Å². The maximum atomic E-state index is 13.3. The van der Waals surface area contributed by atoms with Crippen molar-refractivity contribution in [3.63, 3.8) is 0 Å². The molecule has 12 nitrogen and oxygen atoms in total. The topological polar surface area (TPSA) is 151 Å². The number of H-pyrrole nitrogens is 1. The molecule has 5 aromatic rings. The molecule has 2 aromatic carbocycles. The van der Waals surface area contributed by atoms with Gasteiger partial charge in [-0.2, -0.15) is 0 Å². The summed E-state index contributed by atoms with van der Waals surface area (Å²) in [7, 11) is 1.53. The van der Waals surface area contributed by atoms with Gasteiger partial charge in [0.15, 0.2) is 0 Å². The van der Waals surface area contributed by atoms with Crippen molar-refractivity contribution in [1.29, 1.82) is 0 Å². The quantitative estimate of drug-likeness (QED) is 0.0981. The highest BCUT2D eigenvalue weighted by molar-refractivity contribution is 6.39. The van der Waals surface area contributed by atoms with Crippen molar-refractivity contribution in [1.82, 2.24) is 35.8 Å². The highest BCUT2D eigenvalue weighted by Gasteiger charge is 2.30. The number of carbonyl (C=O) groups is 3. The van der Waals surface area contributed by atoms with Crippen molar-refractivity contribution < 1.29 is 23.9 Å². The number of nitrogens with zero attached hydrogens (tertiary/aromatic N) is 3. The molecule has 4 N–H and O–H groups in total. The molecular formula is C42H44Cl3N7O5. The van der Waals surface area contributed by atoms with Gasteiger partial charge < -0.3 is 35.3 Å². The standard InChI is InChI=1S/C42H44Cl3N7O5/c1-42(2,3)57-41(55)52(22-25-13-18-35(54)48-25)21-23-11-15-32(51-40(23)56-4)29-10-6-8-27(37(29)44)26-7-5-9-28(36(26)43)31-16-14-30-38(45)33(50-39(30)49-31)20-46-19-24-12-17-34(53)47-24/h5-11,14-16,24-25,46H,12-13,17-22H2,1-4H3,(H,47,53)(H,48,54)(H,49,50)/t24-,25-/m0/s1. The lowest BCUT2D eigenvalue weighted by Gasteiger charge is -2.29. The van der Waals surface area contributed by atoms with E-state index in [2.05, 4.69) is 20.9 Å². The highest BCUT2D eigenvalue weighted by Crippen LogP contribution is 2.42. The molecule has 0 spiro atoms. The third-order valence-electron chi connectivity index (χ3n) is 9.95. The van der Waals surface area contributed by atoms with Crippen LogP contribution in [-0.4, -0.2) is 75.6 Å². The van der Waals surface area contributed by atoms with E-state index in [4.69, 9.17) is 54.2 Å². The van der Waals surface area contributed by atoms with Crippen molar-refractivity contribution in [2.24, 2.45) is 0 Å². The van der Waals surface area contributed by atoms with Gasteiger partial charge in [-0.15, -0.1) is 0 Å². The Morgan fingerprint density at radius 2 is 1.42 bits per heavy atom. The van der Waals surface area contributed by atoms with Crippen LogP contribution in [0.15, 0.2) is 60.7 Å². The molecule has 2 aliphatic rings. The fraction of sp³-hybridized carbons (Fsp3) is 0.357. The van der Waals surface area contributed by atoms with Crippen LogP contribution in [0.1, 0.15) is 57.7 Å². The molecule has 0 unspecified atom stereocenters. The average Bonchev–Trinajstić information content (AvgIpc) is 3.88. The van der Waals surface area contributed by atoms with Crippen molar-refractivity contribution in [2.75, 3.05) is 20.2 Å². The molecule has 15 heteroatoms. The average molecular weight is 833 g/mol. The van der Waals surface area contributed by atoms with Crippen molar-refractivity contribution in [3.8, 4) is 39.5 Å². The van der Waals surface area contributed by atoms with Gasteiger partial charge in [0.1, 0.15) is 11.2 Å². The van der Waals surface area contributed by atoms with E-state index in [1.54, 1.807) is 4.90 Å². The Labute approximate surface area is 346 Å². The summed E-state index contributed by atoms with van der Waals surface area (Å²) in [5.74, 6) is 0.371. The van der Waals surface area contributed by atoms with E-state index >= 15 is 0 Å². The molecule has 57 heavy (non-hydrogen) atoms. The number of rotatable bonds is 12. The van der Waals surface area contributed by atoms with Crippen LogP contribution in [0.5, 0.6) is 5.88 Å². The van der Waals surface area contributed by atoms with E-state index in [0.717, 1.165) is 23.1 Å². The van der Waals surface area contributed by atoms with Gasteiger partial charge in [-0.05, 0) is 57.9 Å². The number of fused-ring (bicyclic) bond motifs is 1. The predicted octanol–water partition coefficient (Wildman–Crippen LogP) is 8.31. The molecule has 5 heterocycles. The fourth-order valence-corrected chi connectivity index (χ4v) is 8.09. The van der Waals surface area contributed by atoms with Gasteiger partial charge in [0, 0.05) is 83.5 Å². The molecule has 3 amide bonds. The minimum atomic E-state index is -0.703. The molecule has 0 radical (unpaired) electrons. The van der Waals surface area contributed by atoms with Crippen LogP contribution in [0.2, 0.25) is 15.1 Å². The molecule has 0 saturated carbocycles. The Morgan fingerprint density at radius 3 is 2.02 bits per heavy atom. The highest BCUT2D eigenvalue weighted by atomic mass is 35.5. The number of amides is 3. The van der Waals surface area contributed by atoms with E-state index < -0.39 is 11.7 Å². The van der Waals surface area contributed by atoms with Crippen LogP contribution in [0.25, 0.3) is 44.7 Å². The van der Waals surface area contributed by atoms with Gasteiger partial charge in [-0.1, -0.05) is 71.2 Å². The molecule has 2 saturated heterocycles. The normalized spacial score (nSPS) is 16.8. The zero-order valence-electron chi connectivity index (χ0n) is 32.1. The second-order valence-corrected chi connectivity index (χ2v) is 16.4. The summed E-state index contributed by atoms with van der Waals surface area (Å²) in [6, 6.07) is 18.8. The van der Waals surface area contributed by atoms with Gasteiger partial charge in [-0.25, -0.2) is 14.8 Å². The van der Waals surface area contributed by atoms with Gasteiger partial charge in [-0.3, -0.25) is 9.59 Å². The summed E-state index contributed by atoms with van der Waals surface area (Å²) < 4.78 is 11.4. The molecule has 3 aromatic heterocycles. The van der Waals surface area contributed by atoms with E-state index in [1.807, 2.05) is 81.4 Å². The Kier molecular flexibility index (Phi) is 12.0. The number of nitrogens with one attached hydrogen (secondary N) is 4. The second kappa shape index (κ2) is 16.9. The van der Waals surface area contributed by atoms with Crippen molar-refractivity contribution in [3.05, 3.63) is 87.0 Å². The molecular weight excluding hydrogens is 789 g/mol. The summed E-state index contributed by atoms with van der Waals surface area (Å²) >= 11 is 21.1. The molecule has 0 aliphatic carbocycles. The molecule has 2 fully saturated rings. The summed E-state index contributed by atoms with van der Waals surface area (Å²) in [4.78, 5) is 51.4. The molecule has 298 valence electrons. The van der Waals surface area contributed by atoms with Gasteiger partial charge in [0.25, 0.3) is 0 Å². The van der Waals surface area contributed by atoms with E-state index in [9.17, 15) is 14.4 Å². The Balaban J connectivity index is 1.13. The summed E-state index contributed by atoms with van der Waals surface area (Å²) in [6.07, 6.45) is 1.92. The first kappa shape index (κ1) is 40.3. The fourth-order valence-electron chi connectivity index (χ4n) is 7.17. The first-order chi connectivity index (χ1) is 27.3. The number of methoxy groups -OCH3 is 1. The Hall–Kier alpha value is -4.88. The number of pyridine rings is 2. The minimum absolute atomic E-state index is 0.0350. The van der Waals surface area contributed by atoms with Gasteiger partial charge in [0.05, 0.1) is 40.1 Å². The maximum absolute atomic E-state index is 13.3. The van der Waals surface area contributed by atoms with Crippen molar-refractivity contribution in [2.45, 2.75) is 77.2 Å². The number of hydrogen-bond acceptors (Lipinski definition) is 8.